The normalized spacial score (nSPS) is 16.1. The van der Waals surface area contributed by atoms with Gasteiger partial charge in [-0.25, -0.2) is 9.97 Å². The van der Waals surface area contributed by atoms with Crippen molar-refractivity contribution in [3.8, 4) is 11.4 Å². The molecule has 3 heterocycles. The van der Waals surface area contributed by atoms with E-state index in [2.05, 4.69) is 47.1 Å². The molecule has 0 saturated carbocycles. The molecule has 1 aliphatic rings. The summed E-state index contributed by atoms with van der Waals surface area (Å²) in [5.41, 5.74) is 1.99. The Kier molecular flexibility index (Phi) is 4.80. The minimum absolute atomic E-state index is 0.717. The maximum absolute atomic E-state index is 4.93. The average Bonchev–Trinajstić information content (AvgIpc) is 2.69. The molecule has 1 aliphatic heterocycles. The van der Waals surface area contributed by atoms with Gasteiger partial charge in [-0.2, -0.15) is 0 Å². The highest BCUT2D eigenvalue weighted by atomic mass is 15.2. The highest BCUT2D eigenvalue weighted by Gasteiger charge is 2.20. The molecule has 0 radical (unpaired) electrons. The fraction of sp³-hybridized carbons (Fsp3) is 0.381. The number of para-hydroxylation sites is 1. The monoisotopic (exact) mass is 347 g/mol. The van der Waals surface area contributed by atoms with Crippen molar-refractivity contribution in [2.45, 2.75) is 12.8 Å². The molecule has 1 saturated heterocycles. The number of pyridine rings is 1. The molecule has 0 bridgehead atoms. The zero-order valence-electron chi connectivity index (χ0n) is 15.5. The molecular weight excluding hydrogens is 322 g/mol. The number of rotatable bonds is 4. The first-order valence-corrected chi connectivity index (χ1v) is 9.27. The van der Waals surface area contributed by atoms with Crippen LogP contribution in [0.15, 0.2) is 48.8 Å². The van der Waals surface area contributed by atoms with Gasteiger partial charge in [-0.05, 0) is 63.2 Å². The first-order chi connectivity index (χ1) is 12.7. The van der Waals surface area contributed by atoms with Crippen LogP contribution in [0.4, 0.5) is 5.82 Å². The molecule has 5 heteroatoms. The van der Waals surface area contributed by atoms with Crippen LogP contribution in [0.3, 0.4) is 0 Å². The van der Waals surface area contributed by atoms with Gasteiger partial charge in [-0.1, -0.05) is 12.1 Å². The van der Waals surface area contributed by atoms with Crippen LogP contribution in [0, 0.1) is 5.92 Å². The number of piperidine rings is 1. The Morgan fingerprint density at radius 2 is 1.77 bits per heavy atom. The second-order valence-electron chi connectivity index (χ2n) is 7.25. The number of benzene rings is 1. The molecule has 1 fully saturated rings. The maximum Gasteiger partial charge on any atom is 0.162 e. The Bertz CT molecular complexity index is 872. The van der Waals surface area contributed by atoms with E-state index >= 15 is 0 Å². The largest absolute Gasteiger partial charge is 0.359 e. The van der Waals surface area contributed by atoms with E-state index in [1.54, 1.807) is 12.4 Å². The molecule has 0 atom stereocenters. The van der Waals surface area contributed by atoms with Crippen LogP contribution in [0.2, 0.25) is 0 Å². The third kappa shape index (κ3) is 3.53. The highest BCUT2D eigenvalue weighted by molar-refractivity contribution is 5.90. The summed E-state index contributed by atoms with van der Waals surface area (Å²) in [5.74, 6) is 2.49. The number of hydrogen-bond acceptors (Lipinski definition) is 5. The molecule has 0 unspecified atom stereocenters. The van der Waals surface area contributed by atoms with E-state index in [1.165, 1.54) is 25.9 Å². The van der Waals surface area contributed by atoms with E-state index in [1.807, 2.05) is 18.2 Å². The van der Waals surface area contributed by atoms with Crippen LogP contribution in [-0.2, 0) is 0 Å². The van der Waals surface area contributed by atoms with Gasteiger partial charge in [0.15, 0.2) is 5.82 Å². The molecule has 0 aliphatic carbocycles. The second kappa shape index (κ2) is 7.38. The minimum atomic E-state index is 0.717. The molecule has 1 aromatic carbocycles. The first kappa shape index (κ1) is 16.9. The topological polar surface area (TPSA) is 45.2 Å². The fourth-order valence-electron chi connectivity index (χ4n) is 3.70. The molecule has 0 N–H and O–H groups in total. The summed E-state index contributed by atoms with van der Waals surface area (Å²) < 4.78 is 0. The number of anilines is 1. The predicted molar refractivity (Wildman–Crippen MR) is 106 cm³/mol. The van der Waals surface area contributed by atoms with E-state index in [4.69, 9.17) is 9.97 Å². The third-order valence-corrected chi connectivity index (χ3v) is 5.25. The lowest BCUT2D eigenvalue weighted by Gasteiger charge is -2.32. The van der Waals surface area contributed by atoms with Crippen molar-refractivity contribution in [3.05, 3.63) is 48.8 Å². The van der Waals surface area contributed by atoms with Gasteiger partial charge in [0.05, 0.1) is 5.52 Å². The second-order valence-corrected chi connectivity index (χ2v) is 7.25. The Morgan fingerprint density at radius 1 is 1.04 bits per heavy atom. The van der Waals surface area contributed by atoms with E-state index in [0.29, 0.717) is 5.92 Å². The van der Waals surface area contributed by atoms with Crippen molar-refractivity contribution in [2.75, 3.05) is 38.6 Å². The van der Waals surface area contributed by atoms with E-state index < -0.39 is 0 Å². The van der Waals surface area contributed by atoms with Crippen molar-refractivity contribution in [1.82, 2.24) is 19.9 Å². The van der Waals surface area contributed by atoms with Crippen molar-refractivity contribution in [1.29, 1.82) is 0 Å². The Morgan fingerprint density at radius 3 is 2.54 bits per heavy atom. The number of likely N-dealkylation sites (tertiary alicyclic amines) is 1. The van der Waals surface area contributed by atoms with E-state index in [-0.39, 0.29) is 0 Å². The van der Waals surface area contributed by atoms with Gasteiger partial charge in [-0.3, -0.25) is 4.98 Å². The molecule has 0 amide bonds. The van der Waals surface area contributed by atoms with Crippen LogP contribution in [-0.4, -0.2) is 53.6 Å². The summed E-state index contributed by atoms with van der Waals surface area (Å²) in [4.78, 5) is 18.5. The number of nitrogens with zero attached hydrogens (tertiary/aromatic N) is 5. The van der Waals surface area contributed by atoms with Crippen LogP contribution >= 0.6 is 0 Å². The van der Waals surface area contributed by atoms with Gasteiger partial charge >= 0.3 is 0 Å². The van der Waals surface area contributed by atoms with Crippen molar-refractivity contribution in [2.24, 2.45) is 5.92 Å². The predicted octanol–water partition coefficient (Wildman–Crippen LogP) is 3.47. The van der Waals surface area contributed by atoms with Crippen LogP contribution in [0.5, 0.6) is 0 Å². The molecule has 134 valence electrons. The SMILES string of the molecule is CN1CCC(CN(C)c2nc(-c3ccncc3)nc3ccccc23)CC1. The number of aromatic nitrogens is 3. The summed E-state index contributed by atoms with van der Waals surface area (Å²) in [7, 11) is 4.36. The zero-order chi connectivity index (χ0) is 17.9. The molecule has 26 heavy (non-hydrogen) atoms. The van der Waals surface area contributed by atoms with Crippen LogP contribution in [0.25, 0.3) is 22.3 Å². The molecular formula is C21H25N5. The smallest absolute Gasteiger partial charge is 0.162 e. The summed E-state index contributed by atoms with van der Waals surface area (Å²) in [5, 5.41) is 1.11. The lowest BCUT2D eigenvalue weighted by molar-refractivity contribution is 0.222. The summed E-state index contributed by atoms with van der Waals surface area (Å²) in [6, 6.07) is 12.2. The van der Waals surface area contributed by atoms with Crippen molar-refractivity contribution < 1.29 is 0 Å². The van der Waals surface area contributed by atoms with Crippen LogP contribution in [0.1, 0.15) is 12.8 Å². The Hall–Kier alpha value is -2.53. The van der Waals surface area contributed by atoms with Gasteiger partial charge in [0.2, 0.25) is 0 Å². The zero-order valence-corrected chi connectivity index (χ0v) is 15.5. The van der Waals surface area contributed by atoms with Gasteiger partial charge in [0.25, 0.3) is 0 Å². The number of fused-ring (bicyclic) bond motifs is 1. The van der Waals surface area contributed by atoms with Crippen molar-refractivity contribution >= 4 is 16.7 Å². The summed E-state index contributed by atoms with van der Waals surface area (Å²) >= 11 is 0. The Balaban J connectivity index is 1.68. The molecule has 3 aromatic rings. The summed E-state index contributed by atoms with van der Waals surface area (Å²) in [6.07, 6.45) is 6.08. The van der Waals surface area contributed by atoms with Crippen LogP contribution < -0.4 is 4.90 Å². The Labute approximate surface area is 154 Å². The average molecular weight is 347 g/mol. The quantitative estimate of drug-likeness (QED) is 0.723. The molecule has 0 spiro atoms. The minimum Gasteiger partial charge on any atom is -0.359 e. The molecule has 5 nitrogen and oxygen atoms in total. The lowest BCUT2D eigenvalue weighted by atomic mass is 9.96. The maximum atomic E-state index is 4.93. The lowest BCUT2D eigenvalue weighted by Crippen LogP contribution is -2.36. The van der Waals surface area contributed by atoms with Gasteiger partial charge in [-0.15, -0.1) is 0 Å². The summed E-state index contributed by atoms with van der Waals surface area (Å²) in [6.45, 7) is 3.40. The standard InChI is InChI=1S/C21H25N5/c1-25-13-9-16(10-14-25)15-26(2)21-18-5-3-4-6-19(18)23-20(24-21)17-7-11-22-12-8-17/h3-8,11-12,16H,9-10,13-15H2,1-2H3. The van der Waals surface area contributed by atoms with Gasteiger partial charge in [0.1, 0.15) is 5.82 Å². The molecule has 2 aromatic heterocycles. The van der Waals surface area contributed by atoms with E-state index in [0.717, 1.165) is 34.7 Å². The third-order valence-electron chi connectivity index (χ3n) is 5.25. The van der Waals surface area contributed by atoms with E-state index in [9.17, 15) is 0 Å². The fourth-order valence-corrected chi connectivity index (χ4v) is 3.70. The highest BCUT2D eigenvalue weighted by Crippen LogP contribution is 2.28. The number of hydrogen-bond donors (Lipinski definition) is 0. The van der Waals surface area contributed by atoms with Gasteiger partial charge < -0.3 is 9.80 Å². The van der Waals surface area contributed by atoms with Gasteiger partial charge in [0, 0.05) is 36.9 Å². The first-order valence-electron chi connectivity index (χ1n) is 9.27. The van der Waals surface area contributed by atoms with Crippen molar-refractivity contribution in [3.63, 3.8) is 0 Å². The molecule has 4 rings (SSSR count).